The SMILES string of the molecule is CS(=O)(=O)c1cccc(NC(=O)c2ccccc2OCc2ccc(Cl)cc2)c1. The van der Waals surface area contributed by atoms with Gasteiger partial charge in [-0.05, 0) is 48.0 Å². The highest BCUT2D eigenvalue weighted by atomic mass is 35.5. The van der Waals surface area contributed by atoms with Crippen molar-refractivity contribution in [3.05, 3.63) is 88.9 Å². The maximum absolute atomic E-state index is 12.7. The average molecular weight is 416 g/mol. The first-order valence-electron chi connectivity index (χ1n) is 8.41. The fraction of sp³-hybridized carbons (Fsp3) is 0.0952. The van der Waals surface area contributed by atoms with E-state index in [0.717, 1.165) is 11.8 Å². The van der Waals surface area contributed by atoms with E-state index >= 15 is 0 Å². The molecule has 0 unspecified atom stereocenters. The molecular formula is C21H18ClNO4S. The third kappa shape index (κ3) is 5.12. The molecule has 0 aliphatic heterocycles. The number of halogens is 1. The van der Waals surface area contributed by atoms with Crippen LogP contribution in [0.2, 0.25) is 5.02 Å². The van der Waals surface area contributed by atoms with Crippen molar-refractivity contribution < 1.29 is 17.9 Å². The van der Waals surface area contributed by atoms with Crippen molar-refractivity contribution >= 4 is 33.0 Å². The van der Waals surface area contributed by atoms with Gasteiger partial charge >= 0.3 is 0 Å². The molecule has 0 spiro atoms. The lowest BCUT2D eigenvalue weighted by Gasteiger charge is -2.12. The van der Waals surface area contributed by atoms with Crippen molar-refractivity contribution in [3.8, 4) is 5.75 Å². The van der Waals surface area contributed by atoms with E-state index in [-0.39, 0.29) is 11.5 Å². The summed E-state index contributed by atoms with van der Waals surface area (Å²) in [5.41, 5.74) is 1.65. The lowest BCUT2D eigenvalue weighted by atomic mass is 10.1. The van der Waals surface area contributed by atoms with E-state index in [1.54, 1.807) is 48.5 Å². The summed E-state index contributed by atoms with van der Waals surface area (Å²) >= 11 is 5.88. The zero-order valence-corrected chi connectivity index (χ0v) is 16.6. The number of benzene rings is 3. The van der Waals surface area contributed by atoms with Gasteiger partial charge in [-0.2, -0.15) is 0 Å². The van der Waals surface area contributed by atoms with Crippen LogP contribution in [0.25, 0.3) is 0 Å². The minimum atomic E-state index is -3.36. The Balaban J connectivity index is 1.76. The Morgan fingerprint density at radius 2 is 1.71 bits per heavy atom. The number of anilines is 1. The van der Waals surface area contributed by atoms with Crippen LogP contribution in [-0.4, -0.2) is 20.6 Å². The molecule has 0 aliphatic rings. The zero-order valence-electron chi connectivity index (χ0n) is 15.1. The molecule has 0 saturated heterocycles. The van der Waals surface area contributed by atoms with E-state index in [1.165, 1.54) is 12.1 Å². The van der Waals surface area contributed by atoms with Crippen molar-refractivity contribution in [1.29, 1.82) is 0 Å². The fourth-order valence-electron chi connectivity index (χ4n) is 2.52. The number of nitrogens with one attached hydrogen (secondary N) is 1. The van der Waals surface area contributed by atoms with Crippen LogP contribution in [0, 0.1) is 0 Å². The highest BCUT2D eigenvalue weighted by Crippen LogP contribution is 2.22. The number of carbonyl (C=O) groups excluding carboxylic acids is 1. The molecule has 7 heteroatoms. The number of rotatable bonds is 6. The van der Waals surface area contributed by atoms with Crippen LogP contribution < -0.4 is 10.1 Å². The van der Waals surface area contributed by atoms with E-state index in [0.29, 0.717) is 22.0 Å². The molecule has 0 heterocycles. The number of hydrogen-bond donors (Lipinski definition) is 1. The van der Waals surface area contributed by atoms with E-state index in [1.807, 2.05) is 12.1 Å². The lowest BCUT2D eigenvalue weighted by molar-refractivity contribution is 0.102. The number of sulfone groups is 1. The van der Waals surface area contributed by atoms with Crippen molar-refractivity contribution in [2.75, 3.05) is 11.6 Å². The molecule has 3 aromatic rings. The largest absolute Gasteiger partial charge is 0.488 e. The first-order valence-corrected chi connectivity index (χ1v) is 10.7. The van der Waals surface area contributed by atoms with Crippen molar-refractivity contribution in [2.24, 2.45) is 0 Å². The Morgan fingerprint density at radius 3 is 2.43 bits per heavy atom. The summed E-state index contributed by atoms with van der Waals surface area (Å²) in [6.07, 6.45) is 1.12. The number of carbonyl (C=O) groups is 1. The predicted molar refractivity (Wildman–Crippen MR) is 110 cm³/mol. The van der Waals surface area contributed by atoms with Crippen LogP contribution >= 0.6 is 11.6 Å². The van der Waals surface area contributed by atoms with Crippen LogP contribution in [-0.2, 0) is 16.4 Å². The highest BCUT2D eigenvalue weighted by Gasteiger charge is 2.14. The summed E-state index contributed by atoms with van der Waals surface area (Å²) in [5, 5.41) is 3.35. The number of hydrogen-bond acceptors (Lipinski definition) is 4. The quantitative estimate of drug-likeness (QED) is 0.639. The number of para-hydroxylation sites is 1. The van der Waals surface area contributed by atoms with Gasteiger partial charge in [0.1, 0.15) is 12.4 Å². The summed E-state index contributed by atoms with van der Waals surface area (Å²) in [6, 6.07) is 20.2. The van der Waals surface area contributed by atoms with Gasteiger partial charge in [-0.3, -0.25) is 4.79 Å². The lowest BCUT2D eigenvalue weighted by Crippen LogP contribution is -2.14. The van der Waals surface area contributed by atoms with E-state index in [9.17, 15) is 13.2 Å². The Labute approximate surface area is 168 Å². The summed E-state index contributed by atoms with van der Waals surface area (Å²) in [5.74, 6) is 0.0339. The van der Waals surface area contributed by atoms with Gasteiger partial charge in [0.15, 0.2) is 9.84 Å². The third-order valence-corrected chi connectivity index (χ3v) is 5.32. The Kier molecular flexibility index (Phi) is 6.02. The van der Waals surface area contributed by atoms with Gasteiger partial charge in [0, 0.05) is 17.0 Å². The van der Waals surface area contributed by atoms with Crippen molar-refractivity contribution in [1.82, 2.24) is 0 Å². The zero-order chi connectivity index (χ0) is 20.1. The summed E-state index contributed by atoms with van der Waals surface area (Å²) in [6.45, 7) is 0.283. The second-order valence-electron chi connectivity index (χ2n) is 6.17. The first kappa shape index (κ1) is 19.9. The van der Waals surface area contributed by atoms with Crippen LogP contribution in [0.4, 0.5) is 5.69 Å². The molecule has 0 fully saturated rings. The van der Waals surface area contributed by atoms with E-state index in [2.05, 4.69) is 5.32 Å². The molecular weight excluding hydrogens is 398 g/mol. The summed E-state index contributed by atoms with van der Waals surface area (Å²) < 4.78 is 29.2. The average Bonchev–Trinajstić information content (AvgIpc) is 2.67. The second-order valence-corrected chi connectivity index (χ2v) is 8.62. The van der Waals surface area contributed by atoms with Gasteiger partial charge < -0.3 is 10.1 Å². The second kappa shape index (κ2) is 8.46. The van der Waals surface area contributed by atoms with E-state index in [4.69, 9.17) is 16.3 Å². The molecule has 0 aliphatic carbocycles. The molecule has 28 heavy (non-hydrogen) atoms. The van der Waals surface area contributed by atoms with Crippen LogP contribution in [0.5, 0.6) is 5.75 Å². The fourth-order valence-corrected chi connectivity index (χ4v) is 3.32. The van der Waals surface area contributed by atoms with Gasteiger partial charge in [0.25, 0.3) is 5.91 Å². The molecule has 1 amide bonds. The van der Waals surface area contributed by atoms with Crippen molar-refractivity contribution in [3.63, 3.8) is 0 Å². The van der Waals surface area contributed by atoms with Gasteiger partial charge in [0.05, 0.1) is 10.5 Å². The van der Waals surface area contributed by atoms with Gasteiger partial charge in [-0.1, -0.05) is 41.9 Å². The Hall–Kier alpha value is -2.83. The highest BCUT2D eigenvalue weighted by molar-refractivity contribution is 7.90. The maximum Gasteiger partial charge on any atom is 0.259 e. The van der Waals surface area contributed by atoms with Gasteiger partial charge in [-0.15, -0.1) is 0 Å². The van der Waals surface area contributed by atoms with Crippen LogP contribution in [0.3, 0.4) is 0 Å². The monoisotopic (exact) mass is 415 g/mol. The topological polar surface area (TPSA) is 72.5 Å². The third-order valence-electron chi connectivity index (χ3n) is 3.96. The molecule has 0 atom stereocenters. The molecule has 0 saturated carbocycles. The summed E-state index contributed by atoms with van der Waals surface area (Å²) in [4.78, 5) is 12.8. The standard InChI is InChI=1S/C21H18ClNO4S/c1-28(25,26)18-6-4-5-17(13-18)23-21(24)19-7-2-3-8-20(19)27-14-15-9-11-16(22)12-10-15/h2-13H,14H2,1H3,(H,23,24). The molecule has 1 N–H and O–H groups in total. The van der Waals surface area contributed by atoms with Crippen LogP contribution in [0.15, 0.2) is 77.7 Å². The van der Waals surface area contributed by atoms with Crippen molar-refractivity contribution in [2.45, 2.75) is 11.5 Å². The molecule has 0 aromatic heterocycles. The molecule has 0 bridgehead atoms. The number of amides is 1. The molecule has 144 valence electrons. The van der Waals surface area contributed by atoms with Crippen LogP contribution in [0.1, 0.15) is 15.9 Å². The molecule has 3 rings (SSSR count). The van der Waals surface area contributed by atoms with E-state index < -0.39 is 15.7 Å². The normalized spacial score (nSPS) is 11.1. The number of ether oxygens (including phenoxy) is 1. The molecule has 5 nitrogen and oxygen atoms in total. The Bertz CT molecular complexity index is 1100. The van der Waals surface area contributed by atoms with Gasteiger partial charge in [0.2, 0.25) is 0 Å². The minimum Gasteiger partial charge on any atom is -0.488 e. The smallest absolute Gasteiger partial charge is 0.259 e. The molecule has 0 radical (unpaired) electrons. The first-order chi connectivity index (χ1) is 13.3. The molecule has 3 aromatic carbocycles. The summed E-state index contributed by atoms with van der Waals surface area (Å²) in [7, 11) is -3.36. The predicted octanol–water partition coefficient (Wildman–Crippen LogP) is 4.57. The maximum atomic E-state index is 12.7. The Morgan fingerprint density at radius 1 is 1.00 bits per heavy atom. The minimum absolute atomic E-state index is 0.137. The van der Waals surface area contributed by atoms with Gasteiger partial charge in [-0.25, -0.2) is 8.42 Å².